The first-order valence-electron chi connectivity index (χ1n) is 5.80. The number of hydrogen-bond acceptors (Lipinski definition) is 3. The summed E-state index contributed by atoms with van der Waals surface area (Å²) in [6, 6.07) is 14.8. The normalized spacial score (nSPS) is 10.2. The molecule has 0 aromatic heterocycles. The molecule has 2 N–H and O–H groups in total. The Hall–Kier alpha value is -1.78. The van der Waals surface area contributed by atoms with Crippen LogP contribution >= 0.6 is 0 Å². The molecule has 0 unspecified atom stereocenters. The Bertz CT molecular complexity index is 509. The van der Waals surface area contributed by atoms with Crippen molar-refractivity contribution in [3.05, 3.63) is 59.7 Å². The fourth-order valence-electron chi connectivity index (χ4n) is 1.67. The molecule has 2 aromatic carbocycles. The van der Waals surface area contributed by atoms with Crippen LogP contribution in [0.25, 0.3) is 0 Å². The lowest BCUT2D eigenvalue weighted by molar-refractivity contribution is 0.305. The minimum Gasteiger partial charge on any atom is -0.489 e. The van der Waals surface area contributed by atoms with E-state index < -0.39 is 7.12 Å². The van der Waals surface area contributed by atoms with E-state index in [1.807, 2.05) is 31.2 Å². The molecule has 0 atom stereocenters. The van der Waals surface area contributed by atoms with Gasteiger partial charge in [-0.15, -0.1) is 0 Å². The number of aryl methyl sites for hydroxylation is 1. The van der Waals surface area contributed by atoms with Crippen LogP contribution in [0.2, 0.25) is 0 Å². The van der Waals surface area contributed by atoms with Gasteiger partial charge in [0.15, 0.2) is 0 Å². The molecule has 0 amide bonds. The van der Waals surface area contributed by atoms with Crippen molar-refractivity contribution in [1.29, 1.82) is 0 Å². The summed E-state index contributed by atoms with van der Waals surface area (Å²) in [7, 11) is -1.43. The van der Waals surface area contributed by atoms with Crippen LogP contribution in [0, 0.1) is 6.92 Å². The van der Waals surface area contributed by atoms with Crippen LogP contribution in [0.5, 0.6) is 5.75 Å². The molecule has 0 bridgehead atoms. The van der Waals surface area contributed by atoms with Crippen molar-refractivity contribution >= 4 is 12.6 Å². The van der Waals surface area contributed by atoms with Crippen molar-refractivity contribution in [1.82, 2.24) is 0 Å². The molecule has 0 heterocycles. The Morgan fingerprint density at radius 3 is 2.28 bits per heavy atom. The Morgan fingerprint density at radius 1 is 1.00 bits per heavy atom. The molecule has 0 spiro atoms. The molecule has 0 saturated heterocycles. The SMILES string of the molecule is Cc1ccccc1COc1ccc(B(O)O)cc1. The Kier molecular flexibility index (Phi) is 4.02. The van der Waals surface area contributed by atoms with Crippen molar-refractivity contribution in [3.8, 4) is 5.75 Å². The van der Waals surface area contributed by atoms with Crippen LogP contribution in [0.15, 0.2) is 48.5 Å². The molecule has 2 aromatic rings. The molecule has 3 nitrogen and oxygen atoms in total. The maximum Gasteiger partial charge on any atom is 0.488 e. The maximum absolute atomic E-state index is 8.97. The minimum atomic E-state index is -1.43. The molecule has 4 heteroatoms. The van der Waals surface area contributed by atoms with Gasteiger partial charge in [-0.25, -0.2) is 0 Å². The predicted molar refractivity (Wildman–Crippen MR) is 71.8 cm³/mol. The van der Waals surface area contributed by atoms with Gasteiger partial charge in [-0.05, 0) is 35.6 Å². The average molecular weight is 242 g/mol. The lowest BCUT2D eigenvalue weighted by Crippen LogP contribution is -2.29. The summed E-state index contributed by atoms with van der Waals surface area (Å²) >= 11 is 0. The highest BCUT2D eigenvalue weighted by Gasteiger charge is 2.09. The van der Waals surface area contributed by atoms with E-state index in [4.69, 9.17) is 14.8 Å². The van der Waals surface area contributed by atoms with Gasteiger partial charge in [0.25, 0.3) is 0 Å². The highest BCUT2D eigenvalue weighted by Crippen LogP contribution is 2.13. The zero-order valence-electron chi connectivity index (χ0n) is 10.2. The molecule has 92 valence electrons. The van der Waals surface area contributed by atoms with Gasteiger partial charge in [0.05, 0.1) is 0 Å². The van der Waals surface area contributed by atoms with E-state index >= 15 is 0 Å². The van der Waals surface area contributed by atoms with Crippen LogP contribution in [-0.4, -0.2) is 17.2 Å². The van der Waals surface area contributed by atoms with Gasteiger partial charge in [-0.1, -0.05) is 36.4 Å². The number of hydrogen-bond donors (Lipinski definition) is 2. The Labute approximate surface area is 107 Å². The van der Waals surface area contributed by atoms with Crippen LogP contribution in [0.3, 0.4) is 0 Å². The molecule has 0 radical (unpaired) electrons. The number of ether oxygens (including phenoxy) is 1. The maximum atomic E-state index is 8.97. The fourth-order valence-corrected chi connectivity index (χ4v) is 1.67. The second kappa shape index (κ2) is 5.71. The molecule has 0 saturated carbocycles. The number of rotatable bonds is 4. The van der Waals surface area contributed by atoms with E-state index in [2.05, 4.69) is 0 Å². The lowest BCUT2D eigenvalue weighted by atomic mass is 9.80. The van der Waals surface area contributed by atoms with Gasteiger partial charge in [0, 0.05) is 0 Å². The lowest BCUT2D eigenvalue weighted by Gasteiger charge is -2.09. The molecule has 0 aliphatic heterocycles. The first kappa shape index (κ1) is 12.7. The van der Waals surface area contributed by atoms with Gasteiger partial charge in [0.1, 0.15) is 12.4 Å². The molecular weight excluding hydrogens is 227 g/mol. The van der Waals surface area contributed by atoms with Crippen LogP contribution in [0.1, 0.15) is 11.1 Å². The van der Waals surface area contributed by atoms with Crippen LogP contribution < -0.4 is 10.2 Å². The second-order valence-electron chi connectivity index (χ2n) is 4.16. The molecule has 0 aliphatic rings. The third kappa shape index (κ3) is 3.12. The summed E-state index contributed by atoms with van der Waals surface area (Å²) in [6.07, 6.45) is 0. The largest absolute Gasteiger partial charge is 0.489 e. The highest BCUT2D eigenvalue weighted by molar-refractivity contribution is 6.58. The quantitative estimate of drug-likeness (QED) is 0.793. The van der Waals surface area contributed by atoms with Crippen LogP contribution in [0.4, 0.5) is 0 Å². The number of benzene rings is 2. The highest BCUT2D eigenvalue weighted by atomic mass is 16.5. The summed E-state index contributed by atoms with van der Waals surface area (Å²) in [5.74, 6) is 0.711. The summed E-state index contributed by atoms with van der Waals surface area (Å²) in [4.78, 5) is 0. The molecule has 2 rings (SSSR count). The second-order valence-corrected chi connectivity index (χ2v) is 4.16. The van der Waals surface area contributed by atoms with Gasteiger partial charge in [0.2, 0.25) is 0 Å². The van der Waals surface area contributed by atoms with E-state index in [0.717, 1.165) is 5.56 Å². The fraction of sp³-hybridized carbons (Fsp3) is 0.143. The van der Waals surface area contributed by atoms with Crippen molar-refractivity contribution in [3.63, 3.8) is 0 Å². The van der Waals surface area contributed by atoms with Gasteiger partial charge in [-0.2, -0.15) is 0 Å². The average Bonchev–Trinajstić information content (AvgIpc) is 2.38. The summed E-state index contributed by atoms with van der Waals surface area (Å²) < 4.78 is 5.64. The Balaban J connectivity index is 2.00. The van der Waals surface area contributed by atoms with Crippen molar-refractivity contribution in [2.45, 2.75) is 13.5 Å². The molecule has 18 heavy (non-hydrogen) atoms. The molecular formula is C14H15BO3. The summed E-state index contributed by atoms with van der Waals surface area (Å²) in [5.41, 5.74) is 2.79. The monoisotopic (exact) mass is 242 g/mol. The third-order valence-corrected chi connectivity index (χ3v) is 2.83. The van der Waals surface area contributed by atoms with Gasteiger partial charge < -0.3 is 14.8 Å². The third-order valence-electron chi connectivity index (χ3n) is 2.83. The minimum absolute atomic E-state index is 0.457. The topological polar surface area (TPSA) is 49.7 Å². The standard InChI is InChI=1S/C14H15BO3/c1-11-4-2-3-5-12(11)10-18-14-8-6-13(7-9-14)15(16)17/h2-9,16-17H,10H2,1H3. The molecule has 0 fully saturated rings. The molecule has 0 aliphatic carbocycles. The van der Waals surface area contributed by atoms with E-state index in [1.165, 1.54) is 5.56 Å². The predicted octanol–water partition coefficient (Wildman–Crippen LogP) is 1.25. The summed E-state index contributed by atoms with van der Waals surface area (Å²) in [6.45, 7) is 2.55. The van der Waals surface area contributed by atoms with E-state index in [9.17, 15) is 0 Å². The summed E-state index contributed by atoms with van der Waals surface area (Å²) in [5, 5.41) is 17.9. The zero-order chi connectivity index (χ0) is 13.0. The first-order valence-corrected chi connectivity index (χ1v) is 5.80. The first-order chi connectivity index (χ1) is 8.66. The van der Waals surface area contributed by atoms with Gasteiger partial charge in [-0.3, -0.25) is 0 Å². The van der Waals surface area contributed by atoms with Crippen molar-refractivity contribution in [2.24, 2.45) is 0 Å². The zero-order valence-corrected chi connectivity index (χ0v) is 10.2. The Morgan fingerprint density at radius 2 is 1.67 bits per heavy atom. The van der Waals surface area contributed by atoms with E-state index in [0.29, 0.717) is 17.8 Å². The van der Waals surface area contributed by atoms with Crippen molar-refractivity contribution < 1.29 is 14.8 Å². The van der Waals surface area contributed by atoms with Crippen molar-refractivity contribution in [2.75, 3.05) is 0 Å². The smallest absolute Gasteiger partial charge is 0.488 e. The van der Waals surface area contributed by atoms with E-state index in [-0.39, 0.29) is 0 Å². The van der Waals surface area contributed by atoms with Crippen LogP contribution in [-0.2, 0) is 6.61 Å². The van der Waals surface area contributed by atoms with Gasteiger partial charge >= 0.3 is 7.12 Å². The van der Waals surface area contributed by atoms with E-state index in [1.54, 1.807) is 24.3 Å².